The number of piperazine rings is 1. The molecule has 0 spiro atoms. The van der Waals surface area contributed by atoms with Crippen LogP contribution in [0.3, 0.4) is 0 Å². The van der Waals surface area contributed by atoms with Gasteiger partial charge in [-0.25, -0.2) is 23.2 Å². The number of hydrogen-bond donors (Lipinski definition) is 2. The largest absolute Gasteiger partial charge is 0.444 e. The van der Waals surface area contributed by atoms with Crippen LogP contribution in [0.2, 0.25) is 0 Å². The van der Waals surface area contributed by atoms with E-state index >= 15 is 0 Å². The first-order valence-corrected chi connectivity index (χ1v) is 14.6. The van der Waals surface area contributed by atoms with Crippen LogP contribution in [-0.2, 0) is 26.0 Å². The summed E-state index contributed by atoms with van der Waals surface area (Å²) in [6.45, 7) is 7.18. The molecule has 1 fully saturated rings. The van der Waals surface area contributed by atoms with Crippen LogP contribution in [0.4, 0.5) is 16.3 Å². The average molecular weight is 555 g/mol. The second-order valence-electron chi connectivity index (χ2n) is 10.5. The molecule has 2 amide bonds. The normalized spacial score (nSPS) is 15.1. The first-order chi connectivity index (χ1) is 18.4. The fraction of sp³-hybridized carbons (Fsp3) is 0.407. The highest BCUT2D eigenvalue weighted by Gasteiger charge is 2.31. The standard InChI is InChI=1S/C27H34N6O5S/c1-27(2,3)38-26(35)30-23(16-19-8-6-5-7-9-19)25(34)33-14-12-32(13-15-33)24-21-17-20(31-39(4,36)37)10-11-22(21)28-18-29-24/h5-11,17-18,23,31H,12-16H2,1-4H3,(H,30,35)/t23-/m1/s1. The Morgan fingerprint density at radius 1 is 1.03 bits per heavy atom. The molecule has 2 aromatic carbocycles. The molecule has 12 heteroatoms. The first kappa shape index (κ1) is 28.1. The summed E-state index contributed by atoms with van der Waals surface area (Å²) in [5, 5.41) is 3.48. The number of hydrogen-bond acceptors (Lipinski definition) is 8. The van der Waals surface area contributed by atoms with Gasteiger partial charge in [0.05, 0.1) is 11.8 Å². The number of rotatable bonds is 7. The zero-order valence-electron chi connectivity index (χ0n) is 22.5. The van der Waals surface area contributed by atoms with Crippen LogP contribution in [0.5, 0.6) is 0 Å². The van der Waals surface area contributed by atoms with Crippen molar-refractivity contribution in [1.29, 1.82) is 0 Å². The van der Waals surface area contributed by atoms with Crippen LogP contribution in [0.15, 0.2) is 54.9 Å². The molecule has 39 heavy (non-hydrogen) atoms. The van der Waals surface area contributed by atoms with E-state index in [9.17, 15) is 18.0 Å². The lowest BCUT2D eigenvalue weighted by Gasteiger charge is -2.37. The van der Waals surface area contributed by atoms with Crippen molar-refractivity contribution < 1.29 is 22.7 Å². The van der Waals surface area contributed by atoms with Crippen molar-refractivity contribution in [2.75, 3.05) is 42.1 Å². The Bertz CT molecular complexity index is 1430. The molecule has 11 nitrogen and oxygen atoms in total. The summed E-state index contributed by atoms with van der Waals surface area (Å²) in [6, 6.07) is 13.9. The van der Waals surface area contributed by atoms with Gasteiger partial charge < -0.3 is 19.9 Å². The molecule has 0 bridgehead atoms. The zero-order valence-corrected chi connectivity index (χ0v) is 23.4. The number of sulfonamides is 1. The van der Waals surface area contributed by atoms with Gasteiger partial charge in [-0.1, -0.05) is 30.3 Å². The Balaban J connectivity index is 1.49. The molecule has 1 aliphatic rings. The molecular weight excluding hydrogens is 520 g/mol. The molecule has 208 valence electrons. The number of anilines is 2. The molecule has 0 radical (unpaired) electrons. The summed E-state index contributed by atoms with van der Waals surface area (Å²) < 4.78 is 31.3. The van der Waals surface area contributed by atoms with Gasteiger partial charge in [0, 0.05) is 43.7 Å². The van der Waals surface area contributed by atoms with Crippen molar-refractivity contribution in [1.82, 2.24) is 20.2 Å². The smallest absolute Gasteiger partial charge is 0.408 e. The second kappa shape index (κ2) is 11.4. The topological polar surface area (TPSA) is 134 Å². The van der Waals surface area contributed by atoms with E-state index in [1.807, 2.05) is 35.2 Å². The Labute approximate surface area is 228 Å². The summed E-state index contributed by atoms with van der Waals surface area (Å²) in [6.07, 6.45) is 2.27. The molecule has 0 unspecified atom stereocenters. The molecule has 1 saturated heterocycles. The number of amides is 2. The van der Waals surface area contributed by atoms with Gasteiger partial charge in [0.15, 0.2) is 0 Å². The van der Waals surface area contributed by atoms with Gasteiger partial charge in [0.1, 0.15) is 23.8 Å². The van der Waals surface area contributed by atoms with E-state index in [4.69, 9.17) is 4.74 Å². The maximum absolute atomic E-state index is 13.6. The lowest BCUT2D eigenvalue weighted by Crippen LogP contribution is -2.56. The third-order valence-electron chi connectivity index (χ3n) is 6.08. The van der Waals surface area contributed by atoms with Crippen molar-refractivity contribution in [2.24, 2.45) is 0 Å². The number of alkyl carbamates (subject to hydrolysis) is 1. The predicted octanol–water partition coefficient (Wildman–Crippen LogP) is 2.79. The lowest BCUT2D eigenvalue weighted by molar-refractivity contribution is -0.133. The molecule has 1 aliphatic heterocycles. The predicted molar refractivity (Wildman–Crippen MR) is 150 cm³/mol. The quantitative estimate of drug-likeness (QED) is 0.456. The number of carbonyl (C=O) groups excluding carboxylic acids is 2. The van der Waals surface area contributed by atoms with E-state index in [2.05, 4.69) is 20.0 Å². The molecule has 4 rings (SSSR count). The number of ether oxygens (including phenoxy) is 1. The molecule has 0 saturated carbocycles. The summed E-state index contributed by atoms with van der Waals surface area (Å²) in [4.78, 5) is 38.7. The van der Waals surface area contributed by atoms with E-state index < -0.39 is 27.8 Å². The summed E-state index contributed by atoms with van der Waals surface area (Å²) >= 11 is 0. The molecule has 3 aromatic rings. The van der Waals surface area contributed by atoms with Crippen LogP contribution in [-0.4, -0.2) is 79.4 Å². The van der Waals surface area contributed by atoms with Crippen LogP contribution in [0.1, 0.15) is 26.3 Å². The van der Waals surface area contributed by atoms with Crippen molar-refractivity contribution in [2.45, 2.75) is 38.8 Å². The van der Waals surface area contributed by atoms with E-state index in [-0.39, 0.29) is 5.91 Å². The second-order valence-corrected chi connectivity index (χ2v) is 12.3. The number of nitrogens with one attached hydrogen (secondary N) is 2. The SMILES string of the molecule is CC(C)(C)OC(=O)N[C@H](Cc1ccccc1)C(=O)N1CCN(c2ncnc3ccc(NS(C)(=O)=O)cc23)CC1. The van der Waals surface area contributed by atoms with E-state index in [0.717, 1.165) is 11.8 Å². The average Bonchev–Trinajstić information content (AvgIpc) is 2.86. The van der Waals surface area contributed by atoms with Crippen molar-refractivity contribution >= 4 is 44.4 Å². The van der Waals surface area contributed by atoms with Gasteiger partial charge >= 0.3 is 6.09 Å². The maximum Gasteiger partial charge on any atom is 0.408 e. The molecular formula is C27H34N6O5S. The van der Waals surface area contributed by atoms with Crippen LogP contribution in [0, 0.1) is 0 Å². The highest BCUT2D eigenvalue weighted by atomic mass is 32.2. The molecule has 1 atom stereocenters. The van der Waals surface area contributed by atoms with Crippen LogP contribution in [0.25, 0.3) is 10.9 Å². The van der Waals surface area contributed by atoms with Gasteiger partial charge in [-0.3, -0.25) is 9.52 Å². The first-order valence-electron chi connectivity index (χ1n) is 12.7. The Kier molecular flexibility index (Phi) is 8.24. The van der Waals surface area contributed by atoms with E-state index in [1.54, 1.807) is 43.9 Å². The third kappa shape index (κ3) is 7.79. The summed E-state index contributed by atoms with van der Waals surface area (Å²) in [5.41, 5.74) is 1.35. The number of fused-ring (bicyclic) bond motifs is 1. The third-order valence-corrected chi connectivity index (χ3v) is 6.69. The van der Waals surface area contributed by atoms with Gasteiger partial charge in [0.2, 0.25) is 15.9 Å². The van der Waals surface area contributed by atoms with E-state index in [1.165, 1.54) is 6.33 Å². The lowest BCUT2D eigenvalue weighted by atomic mass is 10.0. The summed E-state index contributed by atoms with van der Waals surface area (Å²) in [7, 11) is -3.44. The van der Waals surface area contributed by atoms with Gasteiger partial charge in [-0.05, 0) is 44.5 Å². The van der Waals surface area contributed by atoms with Crippen molar-refractivity contribution in [3.63, 3.8) is 0 Å². The molecule has 2 N–H and O–H groups in total. The number of benzene rings is 2. The van der Waals surface area contributed by atoms with Crippen LogP contribution < -0.4 is 14.9 Å². The van der Waals surface area contributed by atoms with Crippen molar-refractivity contribution in [3.05, 3.63) is 60.4 Å². The zero-order chi connectivity index (χ0) is 28.2. The minimum Gasteiger partial charge on any atom is -0.444 e. The molecule has 0 aliphatic carbocycles. The van der Waals surface area contributed by atoms with E-state index in [0.29, 0.717) is 55.0 Å². The Morgan fingerprint density at radius 2 is 1.72 bits per heavy atom. The minimum atomic E-state index is -3.44. The Morgan fingerprint density at radius 3 is 2.36 bits per heavy atom. The van der Waals surface area contributed by atoms with Gasteiger partial charge in [-0.15, -0.1) is 0 Å². The Hall–Kier alpha value is -3.93. The van der Waals surface area contributed by atoms with Gasteiger partial charge in [-0.2, -0.15) is 0 Å². The highest BCUT2D eigenvalue weighted by Crippen LogP contribution is 2.27. The maximum atomic E-state index is 13.6. The number of aromatic nitrogens is 2. The monoisotopic (exact) mass is 554 g/mol. The van der Waals surface area contributed by atoms with Crippen molar-refractivity contribution in [3.8, 4) is 0 Å². The fourth-order valence-electron chi connectivity index (χ4n) is 4.43. The number of nitrogens with zero attached hydrogens (tertiary/aromatic N) is 4. The molecule has 2 heterocycles. The van der Waals surface area contributed by atoms with Gasteiger partial charge in [0.25, 0.3) is 0 Å². The fourth-order valence-corrected chi connectivity index (χ4v) is 4.99. The highest BCUT2D eigenvalue weighted by molar-refractivity contribution is 7.92. The minimum absolute atomic E-state index is 0.184. The van der Waals surface area contributed by atoms with Crippen LogP contribution >= 0.6 is 0 Å². The molecule has 1 aromatic heterocycles. The summed E-state index contributed by atoms with van der Waals surface area (Å²) in [5.74, 6) is 0.480. The number of carbonyl (C=O) groups is 2.